The first-order valence-corrected chi connectivity index (χ1v) is 19.8. The molecule has 7 nitrogen and oxygen atoms in total. The van der Waals surface area contributed by atoms with Gasteiger partial charge in [-0.3, -0.25) is 9.59 Å². The molecule has 0 saturated carbocycles. The predicted molar refractivity (Wildman–Crippen MR) is 213 cm³/mol. The molecule has 0 radical (unpaired) electrons. The lowest BCUT2D eigenvalue weighted by molar-refractivity contribution is -0.132. The Morgan fingerprint density at radius 1 is 0.907 bits per heavy atom. The second kappa shape index (κ2) is 16.6. The fourth-order valence-corrected chi connectivity index (χ4v) is 8.51. The first-order chi connectivity index (χ1) is 26.1. The van der Waals surface area contributed by atoms with Gasteiger partial charge in [-0.05, 0) is 131 Å². The van der Waals surface area contributed by atoms with Crippen molar-refractivity contribution < 1.29 is 18.7 Å². The van der Waals surface area contributed by atoms with Crippen molar-refractivity contribution in [2.24, 2.45) is 5.92 Å². The SMILES string of the molecule is CC(C)Oc1cccc(CC(=O)N2CCCC(CCN3CCC(C(=O)c4nc5ccccc5n4Cc4ccc(F)cc4)CC3)(c3ccc(Cl)c(Cl)c3)C2)c1. The van der Waals surface area contributed by atoms with Gasteiger partial charge in [0.25, 0.3) is 0 Å². The van der Waals surface area contributed by atoms with Crippen LogP contribution in [-0.4, -0.2) is 69.9 Å². The molecule has 0 N–H and O–H groups in total. The molecule has 1 aromatic heterocycles. The molecule has 0 spiro atoms. The number of carbonyl (C=O) groups is 2. The number of para-hydroxylation sites is 2. The summed E-state index contributed by atoms with van der Waals surface area (Å²) in [5, 5.41) is 1.03. The highest BCUT2D eigenvalue weighted by atomic mass is 35.5. The zero-order valence-corrected chi connectivity index (χ0v) is 32.5. The number of likely N-dealkylation sites (tertiary alicyclic amines) is 2. The number of amides is 1. The molecule has 4 aromatic carbocycles. The van der Waals surface area contributed by atoms with E-state index in [1.807, 2.05) is 84.0 Å². The van der Waals surface area contributed by atoms with E-state index in [1.165, 1.54) is 12.1 Å². The lowest BCUT2D eigenvalue weighted by atomic mass is 9.71. The summed E-state index contributed by atoms with van der Waals surface area (Å²) in [6.45, 7) is 8.17. The number of ether oxygens (including phenoxy) is 1. The van der Waals surface area contributed by atoms with Crippen LogP contribution >= 0.6 is 23.2 Å². The second-order valence-electron chi connectivity index (χ2n) is 15.2. The minimum absolute atomic E-state index is 0.0556. The van der Waals surface area contributed by atoms with Crippen molar-refractivity contribution in [3.05, 3.63) is 129 Å². The van der Waals surface area contributed by atoms with Crippen LogP contribution in [0.25, 0.3) is 11.0 Å². The number of halogens is 3. The van der Waals surface area contributed by atoms with Crippen LogP contribution in [0, 0.1) is 11.7 Å². The Hall–Kier alpha value is -4.24. The lowest BCUT2D eigenvalue weighted by Crippen LogP contribution is -2.50. The molecule has 1 amide bonds. The fraction of sp³-hybridized carbons (Fsp3) is 0.386. The van der Waals surface area contributed by atoms with Gasteiger partial charge in [-0.2, -0.15) is 0 Å². The molecule has 7 rings (SSSR count). The molecule has 0 bridgehead atoms. The first kappa shape index (κ1) is 38.1. The van der Waals surface area contributed by atoms with Crippen LogP contribution in [0.15, 0.2) is 91.0 Å². The Balaban J connectivity index is 1.03. The fourth-order valence-electron chi connectivity index (χ4n) is 8.21. The number of Topliss-reactive ketones (excluding diaryl/α,β-unsaturated/α-hetero) is 1. The number of carbonyl (C=O) groups excluding carboxylic acids is 2. The van der Waals surface area contributed by atoms with Gasteiger partial charge in [-0.25, -0.2) is 9.37 Å². The predicted octanol–water partition coefficient (Wildman–Crippen LogP) is 9.41. The molecule has 2 saturated heterocycles. The monoisotopic (exact) mass is 768 g/mol. The van der Waals surface area contributed by atoms with E-state index in [4.69, 9.17) is 32.9 Å². The van der Waals surface area contributed by atoms with Gasteiger partial charge in [0.1, 0.15) is 11.6 Å². The van der Waals surface area contributed by atoms with E-state index < -0.39 is 0 Å². The van der Waals surface area contributed by atoms with Crippen LogP contribution in [0.5, 0.6) is 5.75 Å². The second-order valence-corrected chi connectivity index (χ2v) is 16.0. The minimum Gasteiger partial charge on any atom is -0.491 e. The summed E-state index contributed by atoms with van der Waals surface area (Å²) in [5.41, 5.74) is 4.33. The van der Waals surface area contributed by atoms with Crippen LogP contribution < -0.4 is 4.74 Å². The topological polar surface area (TPSA) is 67.7 Å². The third-order valence-electron chi connectivity index (χ3n) is 11.1. The highest BCUT2D eigenvalue weighted by molar-refractivity contribution is 6.42. The quantitative estimate of drug-likeness (QED) is 0.118. The molecular weight excluding hydrogens is 722 g/mol. The number of piperidine rings is 2. The maximum atomic E-state index is 14.1. The molecule has 1 unspecified atom stereocenters. The van der Waals surface area contributed by atoms with Crippen molar-refractivity contribution in [1.29, 1.82) is 0 Å². The number of aromatic nitrogens is 2. The van der Waals surface area contributed by atoms with Crippen molar-refractivity contribution in [2.45, 2.75) is 70.4 Å². The number of ketones is 1. The Morgan fingerprint density at radius 3 is 2.44 bits per heavy atom. The van der Waals surface area contributed by atoms with E-state index in [0.717, 1.165) is 85.2 Å². The molecule has 2 aliphatic heterocycles. The summed E-state index contributed by atoms with van der Waals surface area (Å²) in [7, 11) is 0. The molecule has 2 aliphatic rings. The van der Waals surface area contributed by atoms with Gasteiger partial charge in [0.2, 0.25) is 11.7 Å². The molecule has 5 aromatic rings. The largest absolute Gasteiger partial charge is 0.491 e. The third kappa shape index (κ3) is 8.67. The lowest BCUT2D eigenvalue weighted by Gasteiger charge is -2.45. The molecule has 54 heavy (non-hydrogen) atoms. The Bertz CT molecular complexity index is 2110. The van der Waals surface area contributed by atoms with Gasteiger partial charge < -0.3 is 19.1 Å². The average molecular weight is 770 g/mol. The van der Waals surface area contributed by atoms with Gasteiger partial charge in [-0.15, -0.1) is 0 Å². The molecule has 2 fully saturated rings. The van der Waals surface area contributed by atoms with Gasteiger partial charge in [0.05, 0.1) is 33.6 Å². The number of hydrogen-bond acceptors (Lipinski definition) is 5. The number of nitrogens with zero attached hydrogens (tertiary/aromatic N) is 4. The molecular formula is C44H47Cl2FN4O3. The van der Waals surface area contributed by atoms with E-state index in [0.29, 0.717) is 41.9 Å². The van der Waals surface area contributed by atoms with Crippen LogP contribution in [0.2, 0.25) is 10.0 Å². The van der Waals surface area contributed by atoms with Gasteiger partial charge >= 0.3 is 0 Å². The number of benzene rings is 4. The van der Waals surface area contributed by atoms with Crippen molar-refractivity contribution in [3.63, 3.8) is 0 Å². The number of rotatable bonds is 12. The molecule has 10 heteroatoms. The Morgan fingerprint density at radius 2 is 1.69 bits per heavy atom. The van der Waals surface area contributed by atoms with E-state index >= 15 is 0 Å². The van der Waals surface area contributed by atoms with Gasteiger partial charge in [0, 0.05) is 31.0 Å². The van der Waals surface area contributed by atoms with E-state index in [2.05, 4.69) is 11.0 Å². The average Bonchev–Trinajstić information content (AvgIpc) is 3.54. The van der Waals surface area contributed by atoms with Crippen molar-refractivity contribution >= 4 is 45.9 Å². The molecule has 0 aliphatic carbocycles. The first-order valence-electron chi connectivity index (χ1n) is 19.0. The van der Waals surface area contributed by atoms with Crippen LogP contribution in [-0.2, 0) is 23.2 Å². The number of imidazole rings is 1. The normalized spacial score (nSPS) is 18.4. The van der Waals surface area contributed by atoms with Gasteiger partial charge in [0.15, 0.2) is 5.82 Å². The van der Waals surface area contributed by atoms with Crippen molar-refractivity contribution in [1.82, 2.24) is 19.4 Å². The van der Waals surface area contributed by atoms with E-state index in [1.54, 1.807) is 12.1 Å². The molecule has 1 atom stereocenters. The maximum Gasteiger partial charge on any atom is 0.227 e. The summed E-state index contributed by atoms with van der Waals surface area (Å²) in [5.74, 6) is 0.968. The summed E-state index contributed by atoms with van der Waals surface area (Å²) < 4.78 is 21.5. The molecule has 282 valence electrons. The smallest absolute Gasteiger partial charge is 0.227 e. The zero-order valence-electron chi connectivity index (χ0n) is 30.9. The van der Waals surface area contributed by atoms with Gasteiger partial charge in [-0.1, -0.05) is 65.7 Å². The van der Waals surface area contributed by atoms with Crippen LogP contribution in [0.1, 0.15) is 73.3 Å². The maximum absolute atomic E-state index is 14.1. The Labute approximate surface area is 327 Å². The van der Waals surface area contributed by atoms with Crippen LogP contribution in [0.3, 0.4) is 0 Å². The van der Waals surface area contributed by atoms with Crippen molar-refractivity contribution in [3.8, 4) is 5.75 Å². The highest BCUT2D eigenvalue weighted by Crippen LogP contribution is 2.40. The molecule has 3 heterocycles. The Kier molecular flexibility index (Phi) is 11.7. The van der Waals surface area contributed by atoms with E-state index in [9.17, 15) is 14.0 Å². The zero-order chi connectivity index (χ0) is 37.8. The summed E-state index contributed by atoms with van der Waals surface area (Å²) in [4.78, 5) is 37.2. The minimum atomic E-state index is -0.289. The highest BCUT2D eigenvalue weighted by Gasteiger charge is 2.40. The number of fused-ring (bicyclic) bond motifs is 1. The summed E-state index contributed by atoms with van der Waals surface area (Å²) in [6.07, 6.45) is 4.51. The standard InChI is InChI=1S/C44H47Cl2FN4O3/c1-30(2)54-36-8-5-7-32(25-36)26-41(52)50-21-6-19-44(29-50,34-13-16-37(45)38(46)27-34)20-24-49-22-17-33(18-23-49)42(53)43-48-39-9-3-4-10-40(39)51(43)28-31-11-14-35(47)15-12-31/h3-5,7-16,25,27,30,33H,6,17-24,26,28-29H2,1-2H3. The number of hydrogen-bond donors (Lipinski definition) is 0. The summed E-state index contributed by atoms with van der Waals surface area (Å²) >= 11 is 13.0. The van der Waals surface area contributed by atoms with Crippen molar-refractivity contribution in [2.75, 3.05) is 32.7 Å². The third-order valence-corrected chi connectivity index (χ3v) is 11.8. The summed E-state index contributed by atoms with van der Waals surface area (Å²) in [6, 6.07) is 27.9. The van der Waals surface area contributed by atoms with E-state index in [-0.39, 0.29) is 34.9 Å². The van der Waals surface area contributed by atoms with Crippen LogP contribution in [0.4, 0.5) is 4.39 Å².